The third kappa shape index (κ3) is 5.34. The number of unbranched alkanes of at least 4 members (excludes halogenated alkanes) is 6. The normalized spacial score (nSPS) is 16.6. The molecule has 2 nitrogen and oxygen atoms in total. The number of rotatable bonds is 8. The lowest BCUT2D eigenvalue weighted by atomic mass is 10.1. The van der Waals surface area contributed by atoms with Gasteiger partial charge in [-0.05, 0) is 19.3 Å². The van der Waals surface area contributed by atoms with Crippen LogP contribution in [0.1, 0.15) is 64.7 Å². The summed E-state index contributed by atoms with van der Waals surface area (Å²) < 4.78 is 0. The Balaban J connectivity index is 1.94. The molecule has 0 radical (unpaired) electrons. The van der Waals surface area contributed by atoms with E-state index in [1.165, 1.54) is 38.5 Å². The molecule has 0 spiro atoms. The van der Waals surface area contributed by atoms with Crippen LogP contribution in [0.3, 0.4) is 0 Å². The zero-order valence-corrected chi connectivity index (χ0v) is 10.6. The lowest BCUT2D eigenvalue weighted by molar-refractivity contribution is -0.125. The fourth-order valence-corrected chi connectivity index (χ4v) is 2.07. The molecule has 0 unspecified atom stereocenters. The predicted octanol–water partition coefficient (Wildman–Crippen LogP) is 3.87. The number of hydrogen-bond donors (Lipinski definition) is 0. The molecule has 1 amide bonds. The van der Waals surface area contributed by atoms with E-state index in [4.69, 9.17) is 0 Å². The SMILES string of the molecule is CCCCCCCCC=CN1CCCC1=O. The summed E-state index contributed by atoms with van der Waals surface area (Å²) in [6.45, 7) is 3.17. The highest BCUT2D eigenvalue weighted by atomic mass is 16.2. The van der Waals surface area contributed by atoms with Gasteiger partial charge in [-0.1, -0.05) is 45.1 Å². The Bertz CT molecular complexity index is 223. The van der Waals surface area contributed by atoms with E-state index in [1.54, 1.807) is 0 Å². The van der Waals surface area contributed by atoms with Crippen molar-refractivity contribution < 1.29 is 4.79 Å². The summed E-state index contributed by atoms with van der Waals surface area (Å²) in [5.41, 5.74) is 0. The molecule has 0 atom stereocenters. The average molecular weight is 223 g/mol. The maximum atomic E-state index is 11.3. The maximum Gasteiger partial charge on any atom is 0.226 e. The van der Waals surface area contributed by atoms with Crippen LogP contribution in [0.15, 0.2) is 12.3 Å². The first-order valence-corrected chi connectivity index (χ1v) is 6.80. The van der Waals surface area contributed by atoms with Crippen molar-refractivity contribution in [3.05, 3.63) is 12.3 Å². The van der Waals surface area contributed by atoms with Gasteiger partial charge in [-0.2, -0.15) is 0 Å². The van der Waals surface area contributed by atoms with Gasteiger partial charge in [-0.3, -0.25) is 4.79 Å². The summed E-state index contributed by atoms with van der Waals surface area (Å²) in [6.07, 6.45) is 15.1. The Hall–Kier alpha value is -0.790. The number of hydrogen-bond acceptors (Lipinski definition) is 1. The Kier molecular flexibility index (Phi) is 6.95. The fourth-order valence-electron chi connectivity index (χ4n) is 2.07. The molecule has 92 valence electrons. The second kappa shape index (κ2) is 8.37. The Labute approximate surface area is 99.7 Å². The molecule has 0 saturated carbocycles. The van der Waals surface area contributed by atoms with Crippen molar-refractivity contribution in [2.24, 2.45) is 0 Å². The fraction of sp³-hybridized carbons (Fsp3) is 0.786. The van der Waals surface area contributed by atoms with Gasteiger partial charge in [0.2, 0.25) is 5.91 Å². The second-order valence-corrected chi connectivity index (χ2v) is 4.63. The summed E-state index contributed by atoms with van der Waals surface area (Å²) in [4.78, 5) is 13.1. The van der Waals surface area contributed by atoms with Crippen molar-refractivity contribution in [3.63, 3.8) is 0 Å². The third-order valence-corrected chi connectivity index (χ3v) is 3.12. The summed E-state index contributed by atoms with van der Waals surface area (Å²) in [5, 5.41) is 0. The molecule has 1 saturated heterocycles. The number of likely N-dealkylation sites (tertiary alicyclic amines) is 1. The maximum absolute atomic E-state index is 11.3. The minimum Gasteiger partial charge on any atom is -0.319 e. The standard InChI is InChI=1S/C14H25NO/c1-2-3-4-5-6-7-8-9-12-15-13-10-11-14(15)16/h9,12H,2-8,10-11,13H2,1H3. The van der Waals surface area contributed by atoms with E-state index in [0.29, 0.717) is 5.91 Å². The van der Waals surface area contributed by atoms with E-state index >= 15 is 0 Å². The summed E-state index contributed by atoms with van der Waals surface area (Å²) >= 11 is 0. The van der Waals surface area contributed by atoms with Crippen molar-refractivity contribution >= 4 is 5.91 Å². The molecule has 0 aromatic carbocycles. The largest absolute Gasteiger partial charge is 0.319 e. The van der Waals surface area contributed by atoms with Crippen LogP contribution in [-0.4, -0.2) is 17.4 Å². The molecule has 1 rings (SSSR count). The molecule has 0 aromatic heterocycles. The van der Waals surface area contributed by atoms with E-state index in [0.717, 1.165) is 25.8 Å². The lowest BCUT2D eigenvalue weighted by Gasteiger charge is -2.07. The lowest BCUT2D eigenvalue weighted by Crippen LogP contribution is -2.17. The second-order valence-electron chi connectivity index (χ2n) is 4.63. The molecule has 0 bridgehead atoms. The predicted molar refractivity (Wildman–Crippen MR) is 68.1 cm³/mol. The van der Waals surface area contributed by atoms with Crippen LogP contribution in [-0.2, 0) is 4.79 Å². The highest BCUT2D eigenvalue weighted by Gasteiger charge is 2.16. The van der Waals surface area contributed by atoms with E-state index in [9.17, 15) is 4.79 Å². The van der Waals surface area contributed by atoms with Gasteiger partial charge in [0.15, 0.2) is 0 Å². The first-order chi connectivity index (χ1) is 7.84. The van der Waals surface area contributed by atoms with Gasteiger partial charge < -0.3 is 4.90 Å². The van der Waals surface area contributed by atoms with Crippen LogP contribution in [0.2, 0.25) is 0 Å². The third-order valence-electron chi connectivity index (χ3n) is 3.12. The summed E-state index contributed by atoms with van der Waals surface area (Å²) in [7, 11) is 0. The molecule has 1 heterocycles. The molecule has 1 aliphatic heterocycles. The minimum atomic E-state index is 0.291. The highest BCUT2D eigenvalue weighted by molar-refractivity contribution is 5.79. The summed E-state index contributed by atoms with van der Waals surface area (Å²) in [5.74, 6) is 0.291. The topological polar surface area (TPSA) is 20.3 Å². The van der Waals surface area contributed by atoms with Crippen LogP contribution in [0.4, 0.5) is 0 Å². The minimum absolute atomic E-state index is 0.291. The quantitative estimate of drug-likeness (QED) is 0.572. The molecule has 0 N–H and O–H groups in total. The number of carbonyl (C=O) groups excluding carboxylic acids is 1. The number of carbonyl (C=O) groups is 1. The van der Waals surface area contributed by atoms with Crippen molar-refractivity contribution in [1.82, 2.24) is 4.90 Å². The van der Waals surface area contributed by atoms with Gasteiger partial charge in [0.1, 0.15) is 0 Å². The molecule has 1 fully saturated rings. The molecular weight excluding hydrogens is 198 g/mol. The Morgan fingerprint density at radius 2 is 1.94 bits per heavy atom. The van der Waals surface area contributed by atoms with Gasteiger partial charge in [0.05, 0.1) is 0 Å². The van der Waals surface area contributed by atoms with Gasteiger partial charge in [0, 0.05) is 19.2 Å². The number of allylic oxidation sites excluding steroid dienone is 1. The van der Waals surface area contributed by atoms with Crippen molar-refractivity contribution in [3.8, 4) is 0 Å². The van der Waals surface area contributed by atoms with Gasteiger partial charge >= 0.3 is 0 Å². The van der Waals surface area contributed by atoms with Crippen molar-refractivity contribution in [1.29, 1.82) is 0 Å². The molecular formula is C14H25NO. The van der Waals surface area contributed by atoms with Gasteiger partial charge in [-0.25, -0.2) is 0 Å². The molecule has 16 heavy (non-hydrogen) atoms. The zero-order valence-electron chi connectivity index (χ0n) is 10.6. The monoisotopic (exact) mass is 223 g/mol. The van der Waals surface area contributed by atoms with E-state index in [1.807, 2.05) is 11.1 Å². The van der Waals surface area contributed by atoms with Gasteiger partial charge in [-0.15, -0.1) is 0 Å². The molecule has 2 heteroatoms. The number of nitrogens with zero attached hydrogens (tertiary/aromatic N) is 1. The van der Waals surface area contributed by atoms with E-state index in [2.05, 4.69) is 13.0 Å². The average Bonchev–Trinajstić information content (AvgIpc) is 2.68. The first-order valence-electron chi connectivity index (χ1n) is 6.80. The molecule has 1 aliphatic rings. The van der Waals surface area contributed by atoms with E-state index in [-0.39, 0.29) is 0 Å². The van der Waals surface area contributed by atoms with Gasteiger partial charge in [0.25, 0.3) is 0 Å². The molecule has 0 aliphatic carbocycles. The van der Waals surface area contributed by atoms with Crippen LogP contribution >= 0.6 is 0 Å². The van der Waals surface area contributed by atoms with Crippen molar-refractivity contribution in [2.75, 3.05) is 6.54 Å². The van der Waals surface area contributed by atoms with Crippen molar-refractivity contribution in [2.45, 2.75) is 64.7 Å². The smallest absolute Gasteiger partial charge is 0.226 e. The highest BCUT2D eigenvalue weighted by Crippen LogP contribution is 2.11. The summed E-state index contributed by atoms with van der Waals surface area (Å²) in [6, 6.07) is 0. The molecule has 0 aromatic rings. The number of amides is 1. The zero-order chi connectivity index (χ0) is 11.6. The Morgan fingerprint density at radius 1 is 1.19 bits per heavy atom. The van der Waals surface area contributed by atoms with Crippen LogP contribution in [0.25, 0.3) is 0 Å². The Morgan fingerprint density at radius 3 is 2.62 bits per heavy atom. The first kappa shape index (κ1) is 13.3. The van der Waals surface area contributed by atoms with Crippen LogP contribution in [0, 0.1) is 0 Å². The van der Waals surface area contributed by atoms with Crippen LogP contribution < -0.4 is 0 Å². The van der Waals surface area contributed by atoms with E-state index < -0.39 is 0 Å². The van der Waals surface area contributed by atoms with Crippen LogP contribution in [0.5, 0.6) is 0 Å².